The van der Waals surface area contributed by atoms with E-state index in [1.54, 1.807) is 7.11 Å². The lowest BCUT2D eigenvalue weighted by Crippen LogP contribution is -2.38. The van der Waals surface area contributed by atoms with E-state index < -0.39 is 5.97 Å². The average Bonchev–Trinajstić information content (AvgIpc) is 3.15. The van der Waals surface area contributed by atoms with Gasteiger partial charge in [-0.25, -0.2) is 4.79 Å². The van der Waals surface area contributed by atoms with E-state index in [0.717, 1.165) is 30.1 Å². The standard InChI is InChI=1S/C20H22N4O4/c1-3-23-17-8-9-22(11-13-4-6-14(28-2)7-5-13)12-16(17)19(25)24-18(23)15(10-21-24)20(26)27/h4-7,10H,3,8-9,11-12H2,1-2H3,(H,26,27). The number of nitrogens with zero attached hydrogens (tertiary/aromatic N) is 4. The van der Waals surface area contributed by atoms with Crippen LogP contribution in [0.25, 0.3) is 5.65 Å². The molecule has 4 rings (SSSR count). The molecule has 28 heavy (non-hydrogen) atoms. The van der Waals surface area contributed by atoms with Crippen LogP contribution in [0.3, 0.4) is 0 Å². The molecule has 0 amide bonds. The summed E-state index contributed by atoms with van der Waals surface area (Å²) < 4.78 is 8.34. The summed E-state index contributed by atoms with van der Waals surface area (Å²) in [5.41, 5.74) is 2.93. The first kappa shape index (κ1) is 18.2. The zero-order valence-electron chi connectivity index (χ0n) is 15.9. The molecule has 0 saturated heterocycles. The highest BCUT2D eigenvalue weighted by Crippen LogP contribution is 2.22. The molecule has 146 valence electrons. The number of fused-ring (bicyclic) bond motifs is 2. The van der Waals surface area contributed by atoms with Crippen molar-refractivity contribution in [3.05, 3.63) is 63.2 Å². The Balaban J connectivity index is 1.71. The summed E-state index contributed by atoms with van der Waals surface area (Å²) in [5, 5.41) is 13.5. The van der Waals surface area contributed by atoms with Crippen LogP contribution in [-0.2, 0) is 26.1 Å². The SMILES string of the molecule is CCn1c2c(c(=O)n3ncc(C(=O)O)c13)CN(Cc1ccc(OC)cc1)CC2. The van der Waals surface area contributed by atoms with Gasteiger partial charge >= 0.3 is 5.97 Å². The number of benzene rings is 1. The van der Waals surface area contributed by atoms with Crippen LogP contribution < -0.4 is 10.3 Å². The fraction of sp³-hybridized carbons (Fsp3) is 0.350. The minimum Gasteiger partial charge on any atom is -0.497 e. The van der Waals surface area contributed by atoms with Crippen LogP contribution in [0.1, 0.15) is 34.1 Å². The van der Waals surface area contributed by atoms with E-state index >= 15 is 0 Å². The lowest BCUT2D eigenvalue weighted by molar-refractivity contribution is 0.0698. The van der Waals surface area contributed by atoms with Crippen molar-refractivity contribution in [2.75, 3.05) is 13.7 Å². The molecule has 0 saturated carbocycles. The second-order valence-electron chi connectivity index (χ2n) is 6.88. The van der Waals surface area contributed by atoms with E-state index in [4.69, 9.17) is 4.74 Å². The number of carboxylic acid groups (broad SMARTS) is 1. The molecule has 2 aromatic heterocycles. The number of aryl methyl sites for hydroxylation is 1. The van der Waals surface area contributed by atoms with E-state index in [1.807, 2.05) is 35.8 Å². The Morgan fingerprint density at radius 3 is 2.68 bits per heavy atom. The van der Waals surface area contributed by atoms with Gasteiger partial charge in [0.05, 0.1) is 18.9 Å². The van der Waals surface area contributed by atoms with Crippen LogP contribution in [-0.4, -0.2) is 43.8 Å². The summed E-state index contributed by atoms with van der Waals surface area (Å²) in [4.78, 5) is 26.8. The molecule has 1 aliphatic rings. The van der Waals surface area contributed by atoms with E-state index in [-0.39, 0.29) is 11.1 Å². The second-order valence-corrected chi connectivity index (χ2v) is 6.88. The maximum atomic E-state index is 13.0. The van der Waals surface area contributed by atoms with Gasteiger partial charge in [-0.05, 0) is 24.6 Å². The predicted molar refractivity (Wildman–Crippen MR) is 103 cm³/mol. The molecule has 1 aliphatic heterocycles. The molecule has 0 fully saturated rings. The van der Waals surface area contributed by atoms with Crippen molar-refractivity contribution in [3.8, 4) is 5.75 Å². The highest BCUT2D eigenvalue weighted by molar-refractivity contribution is 5.94. The molecule has 0 atom stereocenters. The van der Waals surface area contributed by atoms with Crippen molar-refractivity contribution in [3.63, 3.8) is 0 Å². The lowest BCUT2D eigenvalue weighted by Gasteiger charge is -2.30. The van der Waals surface area contributed by atoms with Crippen LogP contribution in [0.4, 0.5) is 0 Å². The van der Waals surface area contributed by atoms with Crippen molar-refractivity contribution in [1.29, 1.82) is 0 Å². The Morgan fingerprint density at radius 1 is 1.29 bits per heavy atom. The number of carboxylic acids is 1. The Bertz CT molecular complexity index is 1100. The minimum absolute atomic E-state index is 0.0578. The molecule has 8 nitrogen and oxygen atoms in total. The van der Waals surface area contributed by atoms with Crippen molar-refractivity contribution in [2.45, 2.75) is 33.0 Å². The topological polar surface area (TPSA) is 89.1 Å². The first-order valence-corrected chi connectivity index (χ1v) is 9.24. The Hall–Kier alpha value is -3.13. The van der Waals surface area contributed by atoms with E-state index in [9.17, 15) is 14.7 Å². The van der Waals surface area contributed by atoms with Gasteiger partial charge < -0.3 is 14.4 Å². The van der Waals surface area contributed by atoms with Crippen LogP contribution in [0.2, 0.25) is 0 Å². The van der Waals surface area contributed by atoms with Gasteiger partial charge in [0.2, 0.25) is 0 Å². The quantitative estimate of drug-likeness (QED) is 0.724. The fourth-order valence-electron chi connectivity index (χ4n) is 3.92. The highest BCUT2D eigenvalue weighted by atomic mass is 16.5. The first-order chi connectivity index (χ1) is 13.5. The molecule has 3 heterocycles. The molecule has 0 radical (unpaired) electrons. The predicted octanol–water partition coefficient (Wildman–Crippen LogP) is 1.78. The molecule has 3 aromatic rings. The van der Waals surface area contributed by atoms with Crippen LogP contribution in [0.5, 0.6) is 5.75 Å². The van der Waals surface area contributed by atoms with Crippen LogP contribution in [0, 0.1) is 0 Å². The Kier molecular flexibility index (Phi) is 4.64. The van der Waals surface area contributed by atoms with Crippen LogP contribution >= 0.6 is 0 Å². The van der Waals surface area contributed by atoms with Gasteiger partial charge in [0, 0.05) is 38.3 Å². The van der Waals surface area contributed by atoms with Crippen molar-refractivity contribution < 1.29 is 14.6 Å². The Labute approximate surface area is 161 Å². The molecule has 0 bridgehead atoms. The molecule has 0 aliphatic carbocycles. The third-order valence-corrected chi connectivity index (χ3v) is 5.28. The van der Waals surface area contributed by atoms with Gasteiger partial charge in [-0.1, -0.05) is 12.1 Å². The number of methoxy groups -OCH3 is 1. The molecule has 0 unspecified atom stereocenters. The number of hydrogen-bond donors (Lipinski definition) is 1. The second kappa shape index (κ2) is 7.12. The number of aromatic carboxylic acids is 1. The minimum atomic E-state index is -1.08. The van der Waals surface area contributed by atoms with Crippen molar-refractivity contribution in [1.82, 2.24) is 19.1 Å². The average molecular weight is 382 g/mol. The smallest absolute Gasteiger partial charge is 0.341 e. The zero-order chi connectivity index (χ0) is 19.8. The van der Waals surface area contributed by atoms with E-state index in [0.29, 0.717) is 30.7 Å². The van der Waals surface area contributed by atoms with Gasteiger partial charge in [0.1, 0.15) is 11.3 Å². The van der Waals surface area contributed by atoms with Gasteiger partial charge in [-0.15, -0.1) is 0 Å². The maximum Gasteiger partial charge on any atom is 0.341 e. The van der Waals surface area contributed by atoms with Gasteiger partial charge in [-0.2, -0.15) is 9.61 Å². The summed E-state index contributed by atoms with van der Waals surface area (Å²) in [6.07, 6.45) is 1.95. The number of rotatable bonds is 5. The third kappa shape index (κ3) is 2.95. The summed E-state index contributed by atoms with van der Waals surface area (Å²) in [5.74, 6) is -0.262. The largest absolute Gasteiger partial charge is 0.497 e. The third-order valence-electron chi connectivity index (χ3n) is 5.28. The molecule has 8 heteroatoms. The van der Waals surface area contributed by atoms with Gasteiger partial charge in [-0.3, -0.25) is 9.69 Å². The summed E-state index contributed by atoms with van der Waals surface area (Å²) >= 11 is 0. The number of ether oxygens (including phenoxy) is 1. The van der Waals surface area contributed by atoms with Gasteiger partial charge in [0.25, 0.3) is 5.56 Å². The summed E-state index contributed by atoms with van der Waals surface area (Å²) in [6, 6.07) is 7.90. The molecule has 1 N–H and O–H groups in total. The zero-order valence-corrected chi connectivity index (χ0v) is 15.9. The fourth-order valence-corrected chi connectivity index (χ4v) is 3.92. The highest BCUT2D eigenvalue weighted by Gasteiger charge is 2.26. The van der Waals surface area contributed by atoms with Crippen molar-refractivity contribution >= 4 is 11.6 Å². The van der Waals surface area contributed by atoms with Crippen molar-refractivity contribution in [2.24, 2.45) is 0 Å². The summed E-state index contributed by atoms with van der Waals surface area (Å²) in [7, 11) is 1.64. The number of hydrogen-bond acceptors (Lipinski definition) is 5. The molecular formula is C20H22N4O4. The number of carbonyl (C=O) groups is 1. The van der Waals surface area contributed by atoms with Gasteiger partial charge in [0.15, 0.2) is 5.65 Å². The molecule has 0 spiro atoms. The van der Waals surface area contributed by atoms with E-state index in [1.165, 1.54) is 10.7 Å². The first-order valence-electron chi connectivity index (χ1n) is 9.24. The van der Waals surface area contributed by atoms with Crippen LogP contribution in [0.15, 0.2) is 35.3 Å². The Morgan fingerprint density at radius 2 is 2.04 bits per heavy atom. The molecular weight excluding hydrogens is 360 g/mol. The summed E-state index contributed by atoms with van der Waals surface area (Å²) in [6.45, 7) is 4.57. The number of aromatic nitrogens is 3. The maximum absolute atomic E-state index is 13.0. The molecule has 1 aromatic carbocycles. The van der Waals surface area contributed by atoms with E-state index in [2.05, 4.69) is 10.00 Å². The lowest BCUT2D eigenvalue weighted by atomic mass is 10.0. The monoisotopic (exact) mass is 382 g/mol. The normalized spacial score (nSPS) is 14.2.